The Kier molecular flexibility index (Phi) is 7.08. The van der Waals surface area contributed by atoms with Crippen LogP contribution in [0.5, 0.6) is 17.4 Å². The van der Waals surface area contributed by atoms with Gasteiger partial charge in [0.15, 0.2) is 17.7 Å². The summed E-state index contributed by atoms with van der Waals surface area (Å²) in [6, 6.07) is 10.4. The van der Waals surface area contributed by atoms with Crippen LogP contribution in [0.2, 0.25) is 0 Å². The first kappa shape index (κ1) is 23.6. The Morgan fingerprint density at radius 3 is 2.74 bits per heavy atom. The van der Waals surface area contributed by atoms with Crippen LogP contribution in [0.25, 0.3) is 0 Å². The maximum absolute atomic E-state index is 9.29. The van der Waals surface area contributed by atoms with Crippen LogP contribution in [-0.4, -0.2) is 62.8 Å². The molecule has 2 heterocycles. The number of aromatic nitrogens is 1. The van der Waals surface area contributed by atoms with Crippen LogP contribution in [0, 0.1) is 11.5 Å². The number of rotatable bonds is 6. The largest absolute Gasteiger partial charge is 0.493 e. The van der Waals surface area contributed by atoms with Crippen LogP contribution in [0.3, 0.4) is 0 Å². The van der Waals surface area contributed by atoms with Gasteiger partial charge >= 0.3 is 0 Å². The van der Waals surface area contributed by atoms with Gasteiger partial charge in [0.05, 0.1) is 27.4 Å². The molecule has 3 atom stereocenters. The summed E-state index contributed by atoms with van der Waals surface area (Å²) in [6.07, 6.45) is 7.55. The smallest absolute Gasteiger partial charge is 0.237 e. The first-order valence-electron chi connectivity index (χ1n) is 11.5. The zero-order valence-corrected chi connectivity index (χ0v) is 20.2. The van der Waals surface area contributed by atoms with Gasteiger partial charge in [0.1, 0.15) is 5.69 Å². The SMILES string of the molecule is COc1ccc([C@@]23CC[C@H](N=C(NC#N)Nc4cccnc4OC)C[C@H]2N(C)CC3)cc1OC. The van der Waals surface area contributed by atoms with E-state index in [0.29, 0.717) is 23.6 Å². The number of pyridine rings is 1. The van der Waals surface area contributed by atoms with Crippen LogP contribution in [0.4, 0.5) is 5.69 Å². The third kappa shape index (κ3) is 4.46. The second kappa shape index (κ2) is 10.2. The van der Waals surface area contributed by atoms with E-state index in [2.05, 4.69) is 39.7 Å². The molecule has 1 aliphatic carbocycles. The highest BCUT2D eigenvalue weighted by Crippen LogP contribution is 2.50. The lowest BCUT2D eigenvalue weighted by atomic mass is 9.65. The number of fused-ring (bicyclic) bond motifs is 1. The zero-order valence-electron chi connectivity index (χ0n) is 20.2. The fourth-order valence-electron chi connectivity index (χ4n) is 5.47. The number of nitrogens with one attached hydrogen (secondary N) is 2. The van der Waals surface area contributed by atoms with E-state index in [9.17, 15) is 5.26 Å². The maximum Gasteiger partial charge on any atom is 0.237 e. The van der Waals surface area contributed by atoms with Gasteiger partial charge in [-0.15, -0.1) is 0 Å². The lowest BCUT2D eigenvalue weighted by molar-refractivity contribution is 0.168. The number of nitrogens with zero attached hydrogens (tertiary/aromatic N) is 4. The summed E-state index contributed by atoms with van der Waals surface area (Å²) < 4.78 is 16.4. The number of guanidine groups is 1. The fourth-order valence-corrected chi connectivity index (χ4v) is 5.47. The summed E-state index contributed by atoms with van der Waals surface area (Å²) in [4.78, 5) is 11.5. The molecule has 4 rings (SSSR count). The number of likely N-dealkylation sites (tertiary alicyclic amines) is 1. The molecule has 1 aromatic carbocycles. The lowest BCUT2D eigenvalue weighted by Crippen LogP contribution is -2.47. The predicted octanol–water partition coefficient (Wildman–Crippen LogP) is 3.14. The number of hydrogen-bond acceptors (Lipinski definition) is 7. The Balaban J connectivity index is 1.58. The van der Waals surface area contributed by atoms with Crippen molar-refractivity contribution in [2.24, 2.45) is 4.99 Å². The Morgan fingerprint density at radius 1 is 1.18 bits per heavy atom. The summed E-state index contributed by atoms with van der Waals surface area (Å²) in [7, 11) is 7.09. The molecule has 1 saturated carbocycles. The summed E-state index contributed by atoms with van der Waals surface area (Å²) in [5.74, 6) is 2.35. The highest BCUT2D eigenvalue weighted by Gasteiger charge is 2.50. The van der Waals surface area contributed by atoms with Gasteiger partial charge in [0.25, 0.3) is 0 Å². The first-order chi connectivity index (χ1) is 16.5. The van der Waals surface area contributed by atoms with E-state index in [1.807, 2.05) is 18.3 Å². The Hall–Kier alpha value is -3.51. The molecule has 0 spiro atoms. The number of nitriles is 1. The lowest BCUT2D eigenvalue weighted by Gasteiger charge is -2.44. The minimum absolute atomic E-state index is 0.0448. The normalized spacial score (nSPS) is 24.6. The molecular weight excluding hydrogens is 432 g/mol. The summed E-state index contributed by atoms with van der Waals surface area (Å²) in [6.45, 7) is 1.03. The standard InChI is InChI=1S/C25H32N6O3/c1-31-13-11-25(17-7-8-20(32-2)21(14-17)33-3)10-9-18(15-22(25)31)29-24(28-16-26)30-19-6-5-12-27-23(19)34-4/h5-8,12,14,18,22H,9-11,13,15H2,1-4H3,(H2,28,29,30)/t18-,22+,25-/m0/s1. The third-order valence-corrected chi connectivity index (χ3v) is 7.16. The quantitative estimate of drug-likeness (QED) is 0.291. The van der Waals surface area contributed by atoms with Gasteiger partial charge in [-0.25, -0.2) is 9.98 Å². The molecule has 0 unspecified atom stereocenters. The Bertz CT molecular complexity index is 1080. The number of hydrogen-bond donors (Lipinski definition) is 2. The first-order valence-corrected chi connectivity index (χ1v) is 11.5. The summed E-state index contributed by atoms with van der Waals surface area (Å²) in [5, 5.41) is 15.1. The number of likely N-dealkylation sites (N-methyl/N-ethyl adjacent to an activating group) is 1. The number of aliphatic imine (C=N–C) groups is 1. The molecule has 2 aromatic rings. The summed E-state index contributed by atoms with van der Waals surface area (Å²) >= 11 is 0. The second-order valence-electron chi connectivity index (χ2n) is 8.80. The topological polar surface area (TPSA) is 104 Å². The predicted molar refractivity (Wildman–Crippen MR) is 130 cm³/mol. The van der Waals surface area contributed by atoms with Crippen LogP contribution in [-0.2, 0) is 5.41 Å². The highest BCUT2D eigenvalue weighted by molar-refractivity contribution is 5.95. The van der Waals surface area contributed by atoms with Gasteiger partial charge in [-0.3, -0.25) is 5.32 Å². The molecule has 0 amide bonds. The molecule has 0 radical (unpaired) electrons. The van der Waals surface area contributed by atoms with E-state index in [4.69, 9.17) is 19.2 Å². The van der Waals surface area contributed by atoms with Crippen molar-refractivity contribution in [3.8, 4) is 23.6 Å². The molecule has 180 valence electrons. The van der Waals surface area contributed by atoms with E-state index < -0.39 is 0 Å². The van der Waals surface area contributed by atoms with Gasteiger partial charge in [-0.05, 0) is 69.1 Å². The van der Waals surface area contributed by atoms with Crippen LogP contribution >= 0.6 is 0 Å². The number of ether oxygens (including phenoxy) is 3. The summed E-state index contributed by atoms with van der Waals surface area (Å²) in [5.41, 5.74) is 1.99. The molecule has 9 nitrogen and oxygen atoms in total. The van der Waals surface area contributed by atoms with Gasteiger partial charge in [0, 0.05) is 17.7 Å². The third-order valence-electron chi connectivity index (χ3n) is 7.16. The van der Waals surface area contributed by atoms with Crippen molar-refractivity contribution in [1.29, 1.82) is 5.26 Å². The number of methoxy groups -OCH3 is 3. The molecular formula is C25H32N6O3. The van der Waals surface area contributed by atoms with Gasteiger partial charge in [-0.2, -0.15) is 5.26 Å². The van der Waals surface area contributed by atoms with E-state index >= 15 is 0 Å². The van der Waals surface area contributed by atoms with Crippen molar-refractivity contribution in [2.75, 3.05) is 40.2 Å². The zero-order chi connectivity index (χ0) is 24.1. The van der Waals surface area contributed by atoms with Crippen molar-refractivity contribution in [2.45, 2.75) is 43.2 Å². The van der Waals surface area contributed by atoms with Crippen LogP contribution < -0.4 is 24.8 Å². The molecule has 9 heteroatoms. The fraction of sp³-hybridized carbons (Fsp3) is 0.480. The van der Waals surface area contributed by atoms with Crippen molar-refractivity contribution < 1.29 is 14.2 Å². The average Bonchev–Trinajstić information content (AvgIpc) is 3.21. The monoisotopic (exact) mass is 464 g/mol. The molecule has 2 N–H and O–H groups in total. The van der Waals surface area contributed by atoms with Crippen molar-refractivity contribution in [1.82, 2.24) is 15.2 Å². The molecule has 2 aliphatic rings. The van der Waals surface area contributed by atoms with Crippen molar-refractivity contribution >= 4 is 11.6 Å². The molecule has 1 aliphatic heterocycles. The van der Waals surface area contributed by atoms with Gasteiger partial charge in [-0.1, -0.05) is 6.07 Å². The Labute approximate surface area is 200 Å². The highest BCUT2D eigenvalue weighted by atomic mass is 16.5. The van der Waals surface area contributed by atoms with Crippen molar-refractivity contribution in [3.63, 3.8) is 0 Å². The van der Waals surface area contributed by atoms with E-state index in [0.717, 1.165) is 43.7 Å². The molecule has 34 heavy (non-hydrogen) atoms. The average molecular weight is 465 g/mol. The van der Waals surface area contributed by atoms with Gasteiger partial charge < -0.3 is 24.4 Å². The molecule has 2 fully saturated rings. The maximum atomic E-state index is 9.29. The number of benzene rings is 1. The van der Waals surface area contributed by atoms with E-state index in [1.54, 1.807) is 33.6 Å². The van der Waals surface area contributed by atoms with Gasteiger partial charge in [0.2, 0.25) is 11.8 Å². The Morgan fingerprint density at radius 2 is 2.00 bits per heavy atom. The molecule has 1 aromatic heterocycles. The van der Waals surface area contributed by atoms with Crippen LogP contribution in [0.15, 0.2) is 41.5 Å². The van der Waals surface area contributed by atoms with Crippen molar-refractivity contribution in [3.05, 3.63) is 42.1 Å². The van der Waals surface area contributed by atoms with E-state index in [1.165, 1.54) is 5.56 Å². The molecule has 1 saturated heterocycles. The molecule has 0 bridgehead atoms. The minimum atomic E-state index is 0.0448. The number of anilines is 1. The minimum Gasteiger partial charge on any atom is -0.493 e. The van der Waals surface area contributed by atoms with E-state index in [-0.39, 0.29) is 11.5 Å². The van der Waals surface area contributed by atoms with Crippen LogP contribution in [0.1, 0.15) is 31.2 Å². The second-order valence-corrected chi connectivity index (χ2v) is 8.80.